The lowest BCUT2D eigenvalue weighted by atomic mass is 9.68. The topological polar surface area (TPSA) is 29.5 Å². The zero-order chi connectivity index (χ0) is 13.1. The van der Waals surface area contributed by atoms with E-state index in [2.05, 4.69) is 12.2 Å². The minimum atomic E-state index is -2.48. The molecule has 4 aliphatic carbocycles. The Morgan fingerprint density at radius 3 is 2.53 bits per heavy atom. The standard InChI is InChI=1S/C15H20F2O2/c16-15(17)14(19-6-18)11-5-9-4-10(11)13-8-2-1-7(3-8)12(9)13/h1-2,7-15,18H,3-6H2. The minimum absolute atomic E-state index is 0.0499. The van der Waals surface area contributed by atoms with Crippen LogP contribution in [-0.2, 0) is 4.74 Å². The summed E-state index contributed by atoms with van der Waals surface area (Å²) in [5, 5.41) is 8.84. The van der Waals surface area contributed by atoms with Crippen LogP contribution in [0.15, 0.2) is 12.2 Å². The molecule has 2 nitrogen and oxygen atoms in total. The van der Waals surface area contributed by atoms with Crippen LogP contribution in [0.25, 0.3) is 0 Å². The molecular weight excluding hydrogens is 250 g/mol. The van der Waals surface area contributed by atoms with Crippen molar-refractivity contribution in [1.29, 1.82) is 0 Å². The first kappa shape index (κ1) is 12.3. The Balaban J connectivity index is 1.57. The van der Waals surface area contributed by atoms with E-state index < -0.39 is 19.3 Å². The molecule has 0 heterocycles. The number of hydrogen-bond acceptors (Lipinski definition) is 2. The van der Waals surface area contributed by atoms with Gasteiger partial charge in [-0.1, -0.05) is 12.2 Å². The smallest absolute Gasteiger partial charge is 0.264 e. The van der Waals surface area contributed by atoms with Crippen molar-refractivity contribution >= 4 is 0 Å². The van der Waals surface area contributed by atoms with Crippen molar-refractivity contribution in [3.8, 4) is 0 Å². The number of rotatable bonds is 4. The molecule has 4 bridgehead atoms. The van der Waals surface area contributed by atoms with Crippen LogP contribution in [0.1, 0.15) is 19.3 Å². The number of ether oxygens (including phenoxy) is 1. The fraction of sp³-hybridized carbons (Fsp3) is 0.867. The second kappa shape index (κ2) is 4.26. The van der Waals surface area contributed by atoms with E-state index in [1.54, 1.807) is 0 Å². The normalized spacial score (nSPS) is 51.3. The maximum atomic E-state index is 13.1. The van der Waals surface area contributed by atoms with Crippen LogP contribution in [0.3, 0.4) is 0 Å². The predicted octanol–water partition coefficient (Wildman–Crippen LogP) is 2.68. The molecule has 106 valence electrons. The van der Waals surface area contributed by atoms with Crippen LogP contribution in [0.4, 0.5) is 8.78 Å². The summed E-state index contributed by atoms with van der Waals surface area (Å²) in [4.78, 5) is 0. The summed E-state index contributed by atoms with van der Waals surface area (Å²) in [7, 11) is 0. The molecule has 3 saturated carbocycles. The quantitative estimate of drug-likeness (QED) is 0.483. The molecule has 0 spiro atoms. The van der Waals surface area contributed by atoms with Crippen molar-refractivity contribution in [2.75, 3.05) is 6.79 Å². The molecule has 3 fully saturated rings. The molecule has 8 unspecified atom stereocenters. The Hall–Kier alpha value is -0.480. The average molecular weight is 270 g/mol. The molecule has 8 atom stereocenters. The van der Waals surface area contributed by atoms with Gasteiger partial charge in [0.25, 0.3) is 6.43 Å². The molecule has 4 heteroatoms. The highest BCUT2D eigenvalue weighted by Crippen LogP contribution is 2.67. The Morgan fingerprint density at radius 2 is 1.84 bits per heavy atom. The average Bonchev–Trinajstić information content (AvgIpc) is 3.11. The Labute approximate surface area is 111 Å². The number of alkyl halides is 2. The van der Waals surface area contributed by atoms with Gasteiger partial charge in [-0.05, 0) is 60.7 Å². The van der Waals surface area contributed by atoms with Crippen molar-refractivity contribution in [2.45, 2.75) is 31.8 Å². The second-order valence-corrected chi connectivity index (χ2v) is 6.76. The zero-order valence-electron chi connectivity index (χ0n) is 10.8. The third-order valence-corrected chi connectivity index (χ3v) is 6.26. The lowest BCUT2D eigenvalue weighted by molar-refractivity contribution is -0.147. The van der Waals surface area contributed by atoms with Crippen molar-refractivity contribution in [2.24, 2.45) is 41.4 Å². The number of aliphatic hydroxyl groups is 1. The minimum Gasteiger partial charge on any atom is -0.371 e. The summed E-state index contributed by atoms with van der Waals surface area (Å²) < 4.78 is 31.2. The number of allylic oxidation sites excluding steroid dienone is 2. The summed E-state index contributed by atoms with van der Waals surface area (Å²) in [6, 6.07) is 0. The van der Waals surface area contributed by atoms with Gasteiger partial charge in [0, 0.05) is 0 Å². The van der Waals surface area contributed by atoms with Crippen molar-refractivity contribution in [3.05, 3.63) is 12.2 Å². The fourth-order valence-corrected chi connectivity index (χ4v) is 5.91. The molecule has 19 heavy (non-hydrogen) atoms. The van der Waals surface area contributed by atoms with Gasteiger partial charge in [-0.3, -0.25) is 0 Å². The van der Waals surface area contributed by atoms with E-state index in [1.807, 2.05) is 0 Å². The lowest BCUT2D eigenvalue weighted by Gasteiger charge is -2.39. The van der Waals surface area contributed by atoms with Gasteiger partial charge in [0.15, 0.2) is 0 Å². The van der Waals surface area contributed by atoms with Crippen molar-refractivity contribution in [3.63, 3.8) is 0 Å². The molecule has 0 saturated heterocycles. The number of hydrogen-bond donors (Lipinski definition) is 1. The molecule has 1 N–H and O–H groups in total. The fourth-order valence-electron chi connectivity index (χ4n) is 5.91. The molecule has 0 aliphatic heterocycles. The highest BCUT2D eigenvalue weighted by molar-refractivity contribution is 5.21. The zero-order valence-corrected chi connectivity index (χ0v) is 10.8. The third kappa shape index (κ3) is 1.59. The maximum absolute atomic E-state index is 13.1. The Kier molecular flexibility index (Phi) is 2.75. The number of fused-ring (bicyclic) bond motifs is 9. The predicted molar refractivity (Wildman–Crippen MR) is 65.4 cm³/mol. The first-order valence-electron chi connectivity index (χ1n) is 7.39. The molecule has 4 rings (SSSR count). The van der Waals surface area contributed by atoms with E-state index >= 15 is 0 Å². The van der Waals surface area contributed by atoms with Gasteiger partial charge in [-0.25, -0.2) is 8.78 Å². The lowest BCUT2D eigenvalue weighted by Crippen LogP contribution is -2.40. The Bertz CT molecular complexity index is 398. The summed E-state index contributed by atoms with van der Waals surface area (Å²) >= 11 is 0. The van der Waals surface area contributed by atoms with Crippen LogP contribution < -0.4 is 0 Å². The van der Waals surface area contributed by atoms with Gasteiger partial charge in [-0.2, -0.15) is 0 Å². The number of halogens is 2. The SMILES string of the molecule is OCOC(C(F)F)C1CC2CC1C1C3C=CC(C3)C21. The summed E-state index contributed by atoms with van der Waals surface area (Å²) in [5.74, 6) is 3.66. The van der Waals surface area contributed by atoms with Crippen LogP contribution in [0, 0.1) is 41.4 Å². The highest BCUT2D eigenvalue weighted by atomic mass is 19.3. The van der Waals surface area contributed by atoms with Crippen LogP contribution in [0.2, 0.25) is 0 Å². The summed E-state index contributed by atoms with van der Waals surface area (Å²) in [6.07, 6.45) is 4.34. The third-order valence-electron chi connectivity index (χ3n) is 6.26. The van der Waals surface area contributed by atoms with Gasteiger partial charge in [0.05, 0.1) is 0 Å². The van der Waals surface area contributed by atoms with E-state index in [0.29, 0.717) is 23.7 Å². The van der Waals surface area contributed by atoms with Crippen LogP contribution in [0.5, 0.6) is 0 Å². The molecule has 0 aromatic rings. The largest absolute Gasteiger partial charge is 0.371 e. The van der Waals surface area contributed by atoms with E-state index in [4.69, 9.17) is 9.84 Å². The molecule has 0 aromatic carbocycles. The molecule has 0 amide bonds. The summed E-state index contributed by atoms with van der Waals surface area (Å²) in [6.45, 7) is -0.594. The van der Waals surface area contributed by atoms with E-state index in [-0.39, 0.29) is 5.92 Å². The second-order valence-electron chi connectivity index (χ2n) is 6.76. The highest BCUT2D eigenvalue weighted by Gasteiger charge is 2.62. The van der Waals surface area contributed by atoms with Gasteiger partial charge < -0.3 is 9.84 Å². The maximum Gasteiger partial charge on any atom is 0.264 e. The molecule has 4 aliphatic rings. The molecular formula is C15H20F2O2. The van der Waals surface area contributed by atoms with E-state index in [1.165, 1.54) is 6.42 Å². The molecule has 0 aromatic heterocycles. The van der Waals surface area contributed by atoms with Crippen molar-refractivity contribution in [1.82, 2.24) is 0 Å². The van der Waals surface area contributed by atoms with Gasteiger partial charge in [0.1, 0.15) is 12.9 Å². The van der Waals surface area contributed by atoms with E-state index in [0.717, 1.165) is 24.7 Å². The van der Waals surface area contributed by atoms with Gasteiger partial charge >= 0.3 is 0 Å². The molecule has 0 radical (unpaired) electrons. The van der Waals surface area contributed by atoms with Crippen molar-refractivity contribution < 1.29 is 18.6 Å². The van der Waals surface area contributed by atoms with Gasteiger partial charge in [-0.15, -0.1) is 0 Å². The van der Waals surface area contributed by atoms with Crippen LogP contribution in [-0.4, -0.2) is 24.4 Å². The summed E-state index contributed by atoms with van der Waals surface area (Å²) in [5.41, 5.74) is 0. The monoisotopic (exact) mass is 270 g/mol. The first-order valence-corrected chi connectivity index (χ1v) is 7.39. The first-order chi connectivity index (χ1) is 9.20. The van der Waals surface area contributed by atoms with Crippen LogP contribution >= 0.6 is 0 Å². The van der Waals surface area contributed by atoms with E-state index in [9.17, 15) is 8.78 Å². The van der Waals surface area contributed by atoms with Gasteiger partial charge in [0.2, 0.25) is 0 Å². The Morgan fingerprint density at radius 1 is 1.11 bits per heavy atom. The number of aliphatic hydroxyl groups excluding tert-OH is 1.